The van der Waals surface area contributed by atoms with E-state index in [9.17, 15) is 9.18 Å². The van der Waals surface area contributed by atoms with E-state index in [0.717, 1.165) is 19.1 Å². The SMILES string of the molecule is O=C(O/C=C(\F)C1CC1)c1ccccc1. The van der Waals surface area contributed by atoms with Gasteiger partial charge in [0.25, 0.3) is 0 Å². The molecule has 0 heterocycles. The molecule has 0 N–H and O–H groups in total. The predicted molar refractivity (Wildman–Crippen MR) is 53.8 cm³/mol. The molecule has 1 aromatic rings. The molecular weight excluding hydrogens is 195 g/mol. The number of hydrogen-bond acceptors (Lipinski definition) is 2. The molecule has 15 heavy (non-hydrogen) atoms. The lowest BCUT2D eigenvalue weighted by Gasteiger charge is -1.99. The summed E-state index contributed by atoms with van der Waals surface area (Å²) in [6.07, 6.45) is 2.63. The van der Waals surface area contributed by atoms with Crippen LogP contribution in [0.5, 0.6) is 0 Å². The van der Waals surface area contributed by atoms with Gasteiger partial charge in [0, 0.05) is 5.92 Å². The third kappa shape index (κ3) is 2.65. The van der Waals surface area contributed by atoms with Gasteiger partial charge in [0.15, 0.2) is 0 Å². The van der Waals surface area contributed by atoms with E-state index >= 15 is 0 Å². The van der Waals surface area contributed by atoms with Crippen molar-refractivity contribution in [3.8, 4) is 0 Å². The van der Waals surface area contributed by atoms with Gasteiger partial charge in [-0.1, -0.05) is 18.2 Å². The van der Waals surface area contributed by atoms with Crippen LogP contribution in [0.3, 0.4) is 0 Å². The molecule has 0 saturated heterocycles. The Balaban J connectivity index is 1.95. The van der Waals surface area contributed by atoms with Gasteiger partial charge in [-0.3, -0.25) is 0 Å². The van der Waals surface area contributed by atoms with Crippen LogP contribution < -0.4 is 0 Å². The third-order valence-corrected chi connectivity index (χ3v) is 2.26. The molecule has 2 nitrogen and oxygen atoms in total. The van der Waals surface area contributed by atoms with Crippen molar-refractivity contribution in [3.63, 3.8) is 0 Å². The number of allylic oxidation sites excluding steroid dienone is 1. The van der Waals surface area contributed by atoms with Crippen LogP contribution in [0.2, 0.25) is 0 Å². The van der Waals surface area contributed by atoms with Crippen LogP contribution in [0, 0.1) is 5.92 Å². The lowest BCUT2D eigenvalue weighted by Crippen LogP contribution is -2.00. The van der Waals surface area contributed by atoms with E-state index in [1.54, 1.807) is 30.3 Å². The van der Waals surface area contributed by atoms with Gasteiger partial charge in [0.05, 0.1) is 5.56 Å². The van der Waals surface area contributed by atoms with Crippen LogP contribution in [0.15, 0.2) is 42.4 Å². The number of halogens is 1. The molecule has 0 atom stereocenters. The second-order valence-corrected chi connectivity index (χ2v) is 3.55. The van der Waals surface area contributed by atoms with Crippen molar-refractivity contribution in [1.29, 1.82) is 0 Å². The third-order valence-electron chi connectivity index (χ3n) is 2.26. The van der Waals surface area contributed by atoms with Crippen molar-refractivity contribution in [3.05, 3.63) is 48.0 Å². The minimum absolute atomic E-state index is 0.0198. The van der Waals surface area contributed by atoms with Gasteiger partial charge in [0.1, 0.15) is 12.1 Å². The number of rotatable bonds is 3. The van der Waals surface area contributed by atoms with Gasteiger partial charge in [-0.05, 0) is 25.0 Å². The van der Waals surface area contributed by atoms with Crippen LogP contribution in [0.1, 0.15) is 23.2 Å². The molecule has 2 rings (SSSR count). The monoisotopic (exact) mass is 206 g/mol. The molecule has 0 radical (unpaired) electrons. The molecule has 0 aromatic heterocycles. The molecule has 1 aliphatic carbocycles. The van der Waals surface area contributed by atoms with Crippen molar-refractivity contribution in [1.82, 2.24) is 0 Å². The van der Waals surface area contributed by atoms with E-state index in [-0.39, 0.29) is 11.7 Å². The second kappa shape index (κ2) is 4.26. The van der Waals surface area contributed by atoms with Crippen molar-refractivity contribution < 1.29 is 13.9 Å². The fourth-order valence-electron chi connectivity index (χ4n) is 1.21. The maximum atomic E-state index is 13.0. The second-order valence-electron chi connectivity index (χ2n) is 3.55. The Bertz CT molecular complexity index is 380. The number of esters is 1. The summed E-state index contributed by atoms with van der Waals surface area (Å²) in [7, 11) is 0. The Labute approximate surface area is 87.4 Å². The first-order chi connectivity index (χ1) is 7.27. The zero-order chi connectivity index (χ0) is 10.7. The Kier molecular flexibility index (Phi) is 2.81. The zero-order valence-corrected chi connectivity index (χ0v) is 8.15. The topological polar surface area (TPSA) is 26.3 Å². The van der Waals surface area contributed by atoms with Crippen molar-refractivity contribution in [2.45, 2.75) is 12.8 Å². The average Bonchev–Trinajstić information content (AvgIpc) is 3.10. The average molecular weight is 206 g/mol. The Hall–Kier alpha value is -1.64. The van der Waals surface area contributed by atoms with E-state index < -0.39 is 5.97 Å². The van der Waals surface area contributed by atoms with Gasteiger partial charge >= 0.3 is 5.97 Å². The summed E-state index contributed by atoms with van der Waals surface area (Å²) in [6, 6.07) is 8.53. The van der Waals surface area contributed by atoms with Gasteiger partial charge < -0.3 is 4.74 Å². The fraction of sp³-hybridized carbons (Fsp3) is 0.250. The van der Waals surface area contributed by atoms with Crippen molar-refractivity contribution in [2.75, 3.05) is 0 Å². The highest BCUT2D eigenvalue weighted by molar-refractivity contribution is 5.89. The Morgan fingerprint density at radius 2 is 2.00 bits per heavy atom. The highest BCUT2D eigenvalue weighted by atomic mass is 19.1. The molecular formula is C12H11FO2. The van der Waals surface area contributed by atoms with E-state index in [0.29, 0.717) is 5.56 Å². The summed E-state index contributed by atoms with van der Waals surface area (Å²) in [6.45, 7) is 0. The number of hydrogen-bond donors (Lipinski definition) is 0. The first-order valence-electron chi connectivity index (χ1n) is 4.89. The Morgan fingerprint density at radius 3 is 2.60 bits per heavy atom. The molecule has 78 valence electrons. The minimum Gasteiger partial charge on any atom is -0.428 e. The molecule has 1 aromatic carbocycles. The van der Waals surface area contributed by atoms with E-state index in [1.165, 1.54) is 0 Å². The summed E-state index contributed by atoms with van der Waals surface area (Å²) in [5.74, 6) is -0.876. The van der Waals surface area contributed by atoms with Gasteiger partial charge in [0.2, 0.25) is 0 Å². The first-order valence-corrected chi connectivity index (χ1v) is 4.89. The molecule has 0 aliphatic heterocycles. The summed E-state index contributed by atoms with van der Waals surface area (Å²) in [4.78, 5) is 11.4. The molecule has 1 saturated carbocycles. The molecule has 0 bridgehead atoms. The zero-order valence-electron chi connectivity index (χ0n) is 8.15. The van der Waals surface area contributed by atoms with E-state index in [1.807, 2.05) is 0 Å². The van der Waals surface area contributed by atoms with E-state index in [2.05, 4.69) is 0 Å². The predicted octanol–water partition coefficient (Wildman–Crippen LogP) is 3.06. The van der Waals surface area contributed by atoms with Crippen LogP contribution in [-0.4, -0.2) is 5.97 Å². The highest BCUT2D eigenvalue weighted by Crippen LogP contribution is 2.36. The lowest BCUT2D eigenvalue weighted by atomic mass is 10.2. The molecule has 0 spiro atoms. The molecule has 1 fully saturated rings. The standard InChI is InChI=1S/C12H11FO2/c13-11(9-6-7-9)8-15-12(14)10-4-2-1-3-5-10/h1-5,8-9H,6-7H2/b11-8-. The van der Waals surface area contributed by atoms with Gasteiger partial charge in [-0.15, -0.1) is 0 Å². The van der Waals surface area contributed by atoms with E-state index in [4.69, 9.17) is 4.74 Å². The summed E-state index contributed by atoms with van der Waals surface area (Å²) in [5.41, 5.74) is 0.428. The smallest absolute Gasteiger partial charge is 0.343 e. The van der Waals surface area contributed by atoms with Gasteiger partial charge in [-0.25, -0.2) is 9.18 Å². The number of carbonyl (C=O) groups excluding carboxylic acids is 1. The summed E-state index contributed by atoms with van der Waals surface area (Å²) >= 11 is 0. The molecule has 0 amide bonds. The highest BCUT2D eigenvalue weighted by Gasteiger charge is 2.27. The quantitative estimate of drug-likeness (QED) is 0.561. The Morgan fingerprint density at radius 1 is 1.33 bits per heavy atom. The number of benzene rings is 1. The van der Waals surface area contributed by atoms with Crippen molar-refractivity contribution in [2.24, 2.45) is 5.92 Å². The maximum absolute atomic E-state index is 13.0. The van der Waals surface area contributed by atoms with Crippen LogP contribution >= 0.6 is 0 Å². The summed E-state index contributed by atoms with van der Waals surface area (Å²) in [5, 5.41) is 0. The summed E-state index contributed by atoms with van der Waals surface area (Å²) < 4.78 is 17.8. The largest absolute Gasteiger partial charge is 0.428 e. The fourth-order valence-corrected chi connectivity index (χ4v) is 1.21. The minimum atomic E-state index is -0.522. The van der Waals surface area contributed by atoms with Crippen LogP contribution in [-0.2, 0) is 4.74 Å². The van der Waals surface area contributed by atoms with Crippen LogP contribution in [0.25, 0.3) is 0 Å². The number of ether oxygens (including phenoxy) is 1. The molecule has 0 unspecified atom stereocenters. The lowest BCUT2D eigenvalue weighted by molar-refractivity contribution is 0.0655. The molecule has 1 aliphatic rings. The maximum Gasteiger partial charge on any atom is 0.343 e. The van der Waals surface area contributed by atoms with Gasteiger partial charge in [-0.2, -0.15) is 0 Å². The molecule has 3 heteroatoms. The normalized spacial score (nSPS) is 16.2. The first kappa shape index (κ1) is 9.90. The van der Waals surface area contributed by atoms with Crippen LogP contribution in [0.4, 0.5) is 4.39 Å². The van der Waals surface area contributed by atoms with Crippen molar-refractivity contribution >= 4 is 5.97 Å². The number of carbonyl (C=O) groups is 1.